The SMILES string of the molecule is CCCOc1cccc(C(CCC(C)(C)OC)NC)c1. The number of hydrogen-bond donors (Lipinski definition) is 1. The fourth-order valence-corrected chi connectivity index (χ4v) is 2.11. The Labute approximate surface area is 123 Å². The van der Waals surface area contributed by atoms with Crippen LogP contribution in [0.5, 0.6) is 5.75 Å². The zero-order valence-electron chi connectivity index (χ0n) is 13.5. The van der Waals surface area contributed by atoms with Crippen molar-refractivity contribution in [2.24, 2.45) is 0 Å². The van der Waals surface area contributed by atoms with Gasteiger partial charge in [-0.1, -0.05) is 19.1 Å². The third kappa shape index (κ3) is 5.51. The number of benzene rings is 1. The van der Waals surface area contributed by atoms with Crippen LogP contribution in [0.1, 0.15) is 51.6 Å². The summed E-state index contributed by atoms with van der Waals surface area (Å²) < 4.78 is 11.2. The van der Waals surface area contributed by atoms with Crippen LogP contribution in [0.25, 0.3) is 0 Å². The summed E-state index contributed by atoms with van der Waals surface area (Å²) in [5, 5.41) is 3.39. The molecule has 0 saturated carbocycles. The smallest absolute Gasteiger partial charge is 0.119 e. The summed E-state index contributed by atoms with van der Waals surface area (Å²) in [5.74, 6) is 0.954. The fraction of sp³-hybridized carbons (Fsp3) is 0.647. The van der Waals surface area contributed by atoms with Gasteiger partial charge in [0.05, 0.1) is 12.2 Å². The van der Waals surface area contributed by atoms with Gasteiger partial charge in [0.2, 0.25) is 0 Å². The minimum atomic E-state index is -0.0780. The second kappa shape index (κ2) is 8.28. The third-order valence-corrected chi connectivity index (χ3v) is 3.67. The lowest BCUT2D eigenvalue weighted by molar-refractivity contribution is 0.0118. The van der Waals surface area contributed by atoms with Crippen molar-refractivity contribution in [1.82, 2.24) is 5.32 Å². The lowest BCUT2D eigenvalue weighted by atomic mass is 9.95. The van der Waals surface area contributed by atoms with Crippen LogP contribution in [0.15, 0.2) is 24.3 Å². The van der Waals surface area contributed by atoms with Crippen LogP contribution in [0, 0.1) is 0 Å². The first-order valence-corrected chi connectivity index (χ1v) is 7.47. The van der Waals surface area contributed by atoms with E-state index in [-0.39, 0.29) is 5.60 Å². The molecule has 0 spiro atoms. The molecule has 1 rings (SSSR count). The normalized spacial score (nSPS) is 13.2. The highest BCUT2D eigenvalue weighted by molar-refractivity contribution is 5.30. The molecule has 20 heavy (non-hydrogen) atoms. The first-order valence-electron chi connectivity index (χ1n) is 7.47. The van der Waals surface area contributed by atoms with Crippen LogP contribution in [0.4, 0.5) is 0 Å². The lowest BCUT2D eigenvalue weighted by Gasteiger charge is -2.26. The summed E-state index contributed by atoms with van der Waals surface area (Å²) in [6.45, 7) is 7.14. The largest absolute Gasteiger partial charge is 0.494 e. The maximum atomic E-state index is 5.70. The van der Waals surface area contributed by atoms with Crippen LogP contribution in [-0.2, 0) is 4.74 Å². The molecule has 1 aromatic carbocycles. The number of methoxy groups -OCH3 is 1. The van der Waals surface area contributed by atoms with Crippen molar-refractivity contribution >= 4 is 0 Å². The fourth-order valence-electron chi connectivity index (χ4n) is 2.11. The van der Waals surface area contributed by atoms with E-state index in [9.17, 15) is 0 Å². The standard InChI is InChI=1S/C17H29NO2/c1-6-12-20-15-9-7-8-14(13-15)16(18-4)10-11-17(2,3)19-5/h7-9,13,16,18H,6,10-12H2,1-5H3. The second-order valence-electron chi connectivity index (χ2n) is 5.76. The van der Waals surface area contributed by atoms with Gasteiger partial charge >= 0.3 is 0 Å². The zero-order valence-corrected chi connectivity index (χ0v) is 13.5. The highest BCUT2D eigenvalue weighted by atomic mass is 16.5. The van der Waals surface area contributed by atoms with Crippen molar-refractivity contribution < 1.29 is 9.47 Å². The number of nitrogens with one attached hydrogen (secondary N) is 1. The highest BCUT2D eigenvalue weighted by Gasteiger charge is 2.19. The Kier molecular flexibility index (Phi) is 7.03. The molecular weight excluding hydrogens is 250 g/mol. The van der Waals surface area contributed by atoms with E-state index in [1.54, 1.807) is 7.11 Å². The Balaban J connectivity index is 2.69. The van der Waals surface area contributed by atoms with E-state index in [1.807, 2.05) is 13.1 Å². The van der Waals surface area contributed by atoms with Gasteiger partial charge in [-0.15, -0.1) is 0 Å². The van der Waals surface area contributed by atoms with Crippen LogP contribution >= 0.6 is 0 Å². The molecule has 0 amide bonds. The number of rotatable bonds is 9. The van der Waals surface area contributed by atoms with Crippen molar-refractivity contribution in [3.05, 3.63) is 29.8 Å². The molecule has 0 fully saturated rings. The van der Waals surface area contributed by atoms with Gasteiger partial charge in [-0.05, 0) is 57.9 Å². The van der Waals surface area contributed by atoms with Gasteiger partial charge in [0, 0.05) is 13.2 Å². The molecular formula is C17H29NO2. The van der Waals surface area contributed by atoms with Gasteiger partial charge in [-0.3, -0.25) is 0 Å². The molecule has 0 radical (unpaired) electrons. The van der Waals surface area contributed by atoms with E-state index in [2.05, 4.69) is 44.3 Å². The van der Waals surface area contributed by atoms with E-state index in [0.29, 0.717) is 6.04 Å². The first kappa shape index (κ1) is 17.0. The predicted octanol–water partition coefficient (Wildman–Crippen LogP) is 3.94. The minimum Gasteiger partial charge on any atom is -0.494 e. The number of hydrogen-bond acceptors (Lipinski definition) is 3. The van der Waals surface area contributed by atoms with Crippen molar-refractivity contribution in [3.63, 3.8) is 0 Å². The van der Waals surface area contributed by atoms with Gasteiger partial charge in [0.1, 0.15) is 5.75 Å². The van der Waals surface area contributed by atoms with Gasteiger partial charge in [-0.2, -0.15) is 0 Å². The molecule has 1 atom stereocenters. The average molecular weight is 279 g/mol. The Bertz CT molecular complexity index is 390. The van der Waals surface area contributed by atoms with E-state index >= 15 is 0 Å². The van der Waals surface area contributed by atoms with E-state index in [1.165, 1.54) is 5.56 Å². The average Bonchev–Trinajstić information content (AvgIpc) is 2.46. The van der Waals surface area contributed by atoms with Crippen molar-refractivity contribution in [2.75, 3.05) is 20.8 Å². The topological polar surface area (TPSA) is 30.5 Å². The minimum absolute atomic E-state index is 0.0780. The molecule has 0 aromatic heterocycles. The van der Waals surface area contributed by atoms with Crippen LogP contribution < -0.4 is 10.1 Å². The summed E-state index contributed by atoms with van der Waals surface area (Å²) in [7, 11) is 3.78. The highest BCUT2D eigenvalue weighted by Crippen LogP contribution is 2.26. The van der Waals surface area contributed by atoms with Crippen LogP contribution in [-0.4, -0.2) is 26.4 Å². The first-order chi connectivity index (χ1) is 9.52. The van der Waals surface area contributed by atoms with Gasteiger partial charge in [-0.25, -0.2) is 0 Å². The lowest BCUT2D eigenvalue weighted by Crippen LogP contribution is -2.26. The van der Waals surface area contributed by atoms with Crippen LogP contribution in [0.3, 0.4) is 0 Å². The molecule has 3 heteroatoms. The molecule has 0 heterocycles. The van der Waals surface area contributed by atoms with Gasteiger partial charge in [0.25, 0.3) is 0 Å². The summed E-state index contributed by atoms with van der Waals surface area (Å²) >= 11 is 0. The Hall–Kier alpha value is -1.06. The number of ether oxygens (including phenoxy) is 2. The summed E-state index contributed by atoms with van der Waals surface area (Å²) in [6.07, 6.45) is 3.07. The van der Waals surface area contributed by atoms with Crippen molar-refractivity contribution in [2.45, 2.75) is 51.7 Å². The molecule has 0 aliphatic heterocycles. The molecule has 114 valence electrons. The molecule has 1 N–H and O–H groups in total. The Morgan fingerprint density at radius 3 is 2.65 bits per heavy atom. The van der Waals surface area contributed by atoms with Crippen molar-refractivity contribution in [1.29, 1.82) is 0 Å². The molecule has 1 aromatic rings. The van der Waals surface area contributed by atoms with Crippen molar-refractivity contribution in [3.8, 4) is 5.75 Å². The van der Waals surface area contributed by atoms with Gasteiger partial charge in [0.15, 0.2) is 0 Å². The molecule has 3 nitrogen and oxygen atoms in total. The van der Waals surface area contributed by atoms with E-state index in [0.717, 1.165) is 31.6 Å². The summed E-state index contributed by atoms with van der Waals surface area (Å²) in [6, 6.07) is 8.70. The second-order valence-corrected chi connectivity index (χ2v) is 5.76. The molecule has 0 bridgehead atoms. The molecule has 0 saturated heterocycles. The zero-order chi connectivity index (χ0) is 15.0. The van der Waals surface area contributed by atoms with E-state index in [4.69, 9.17) is 9.47 Å². The predicted molar refractivity (Wildman–Crippen MR) is 84.4 cm³/mol. The van der Waals surface area contributed by atoms with Crippen LogP contribution in [0.2, 0.25) is 0 Å². The molecule has 0 aliphatic rings. The molecule has 0 aliphatic carbocycles. The Morgan fingerprint density at radius 2 is 2.05 bits per heavy atom. The maximum Gasteiger partial charge on any atom is 0.119 e. The summed E-state index contributed by atoms with van der Waals surface area (Å²) in [5.41, 5.74) is 1.19. The maximum absolute atomic E-state index is 5.70. The molecule has 1 unspecified atom stereocenters. The third-order valence-electron chi connectivity index (χ3n) is 3.67. The summed E-state index contributed by atoms with van der Waals surface area (Å²) in [4.78, 5) is 0. The van der Waals surface area contributed by atoms with E-state index < -0.39 is 0 Å². The monoisotopic (exact) mass is 279 g/mol. The van der Waals surface area contributed by atoms with Gasteiger partial charge < -0.3 is 14.8 Å². The Morgan fingerprint density at radius 1 is 1.30 bits per heavy atom. The quantitative estimate of drug-likeness (QED) is 0.742.